The maximum absolute atomic E-state index is 12.3. The first-order valence-electron chi connectivity index (χ1n) is 9.00. The number of hydrogen-bond acceptors (Lipinski definition) is 3. The minimum absolute atomic E-state index is 0.0249. The van der Waals surface area contributed by atoms with Gasteiger partial charge in [-0.1, -0.05) is 23.7 Å². The molecule has 1 aromatic carbocycles. The lowest BCUT2D eigenvalue weighted by Crippen LogP contribution is -2.62. The molecule has 25 heavy (non-hydrogen) atoms. The number of likely N-dealkylation sites (tertiary alicyclic amines) is 2. The third kappa shape index (κ3) is 4.33. The van der Waals surface area contributed by atoms with Crippen molar-refractivity contribution >= 4 is 23.4 Å². The Morgan fingerprint density at radius 2 is 1.92 bits per heavy atom. The van der Waals surface area contributed by atoms with E-state index in [2.05, 4.69) is 11.0 Å². The Morgan fingerprint density at radius 1 is 1.24 bits per heavy atom. The van der Waals surface area contributed by atoms with E-state index in [9.17, 15) is 9.59 Å². The highest BCUT2D eigenvalue weighted by Gasteiger charge is 2.36. The van der Waals surface area contributed by atoms with Gasteiger partial charge in [-0.3, -0.25) is 14.5 Å². The summed E-state index contributed by atoms with van der Waals surface area (Å²) in [4.78, 5) is 27.9. The highest BCUT2D eigenvalue weighted by atomic mass is 35.5. The number of hydrogen-bond donors (Lipinski definition) is 1. The largest absolute Gasteiger partial charge is 0.369 e. The van der Waals surface area contributed by atoms with Crippen molar-refractivity contribution in [2.24, 2.45) is 11.7 Å². The number of primary amides is 1. The van der Waals surface area contributed by atoms with Crippen molar-refractivity contribution in [1.29, 1.82) is 0 Å². The maximum Gasteiger partial charge on any atom is 0.223 e. The van der Waals surface area contributed by atoms with E-state index in [1.54, 1.807) is 0 Å². The summed E-state index contributed by atoms with van der Waals surface area (Å²) in [6.07, 6.45) is 2.98. The molecule has 2 aliphatic rings. The molecule has 0 atom stereocenters. The van der Waals surface area contributed by atoms with Crippen molar-refractivity contribution in [2.45, 2.75) is 38.6 Å². The van der Waals surface area contributed by atoms with Gasteiger partial charge in [0.25, 0.3) is 0 Å². The molecular formula is C19H26ClN3O2. The van der Waals surface area contributed by atoms with Crippen molar-refractivity contribution in [2.75, 3.05) is 26.2 Å². The van der Waals surface area contributed by atoms with Crippen molar-refractivity contribution in [3.8, 4) is 0 Å². The van der Waals surface area contributed by atoms with Crippen LogP contribution in [0.25, 0.3) is 0 Å². The average Bonchev–Trinajstić information content (AvgIpc) is 2.55. The molecule has 0 spiro atoms. The minimum Gasteiger partial charge on any atom is -0.369 e. The molecule has 2 aliphatic heterocycles. The van der Waals surface area contributed by atoms with Crippen molar-refractivity contribution < 1.29 is 9.59 Å². The van der Waals surface area contributed by atoms with Crippen LogP contribution in [0.5, 0.6) is 0 Å². The molecule has 2 heterocycles. The van der Waals surface area contributed by atoms with Crippen molar-refractivity contribution in [1.82, 2.24) is 9.80 Å². The zero-order valence-electron chi connectivity index (χ0n) is 14.7. The molecule has 0 radical (unpaired) electrons. The molecule has 2 N–H and O–H groups in total. The Balaban J connectivity index is 1.40. The second-order valence-corrected chi connectivity index (χ2v) is 7.66. The molecule has 2 saturated heterocycles. The fourth-order valence-corrected chi connectivity index (χ4v) is 3.83. The SMILES string of the molecule is Cc1cc(CCC(=O)N2CC(N3CCC(C(N)=O)CC3)C2)ccc1Cl. The van der Waals surface area contributed by atoms with Gasteiger partial charge in [-0.15, -0.1) is 0 Å². The lowest BCUT2D eigenvalue weighted by Gasteiger charge is -2.47. The third-order valence-electron chi connectivity index (χ3n) is 5.51. The minimum atomic E-state index is -0.178. The predicted octanol–water partition coefficient (Wildman–Crippen LogP) is 1.99. The first kappa shape index (κ1) is 18.2. The Hall–Kier alpha value is -1.59. The lowest BCUT2D eigenvalue weighted by atomic mass is 9.93. The highest BCUT2D eigenvalue weighted by Crippen LogP contribution is 2.24. The fourth-order valence-electron chi connectivity index (χ4n) is 3.71. The van der Waals surface area contributed by atoms with Crippen LogP contribution in [-0.4, -0.2) is 53.8 Å². The van der Waals surface area contributed by atoms with Crippen LogP contribution in [0.4, 0.5) is 0 Å². The summed E-state index contributed by atoms with van der Waals surface area (Å²) in [7, 11) is 0. The van der Waals surface area contributed by atoms with Crippen LogP contribution in [0.2, 0.25) is 5.02 Å². The van der Waals surface area contributed by atoms with E-state index in [4.69, 9.17) is 17.3 Å². The van der Waals surface area contributed by atoms with E-state index in [1.165, 1.54) is 0 Å². The molecular weight excluding hydrogens is 338 g/mol. The second-order valence-electron chi connectivity index (χ2n) is 7.25. The monoisotopic (exact) mass is 363 g/mol. The van der Waals surface area contributed by atoms with Crippen LogP contribution >= 0.6 is 11.6 Å². The summed E-state index contributed by atoms with van der Waals surface area (Å²) in [5.41, 5.74) is 7.58. The number of carbonyl (C=O) groups excluding carboxylic acids is 2. The molecule has 0 aromatic heterocycles. The van der Waals surface area contributed by atoms with Gasteiger partial charge in [0.05, 0.1) is 0 Å². The van der Waals surface area contributed by atoms with Gasteiger partial charge in [0.1, 0.15) is 0 Å². The van der Waals surface area contributed by atoms with E-state index in [0.29, 0.717) is 12.5 Å². The van der Waals surface area contributed by atoms with Gasteiger partial charge in [-0.05, 0) is 56.5 Å². The number of halogens is 1. The van der Waals surface area contributed by atoms with Gasteiger partial charge in [-0.2, -0.15) is 0 Å². The molecule has 5 nitrogen and oxygen atoms in total. The summed E-state index contributed by atoms with van der Waals surface area (Å²) in [5, 5.41) is 0.765. The first-order chi connectivity index (χ1) is 11.9. The number of nitrogens with zero attached hydrogens (tertiary/aromatic N) is 2. The third-order valence-corrected chi connectivity index (χ3v) is 5.94. The molecule has 6 heteroatoms. The summed E-state index contributed by atoms with van der Waals surface area (Å²) in [6.45, 7) is 5.41. The number of benzene rings is 1. The summed E-state index contributed by atoms with van der Waals surface area (Å²) >= 11 is 6.04. The van der Waals surface area contributed by atoms with Crippen LogP contribution in [0.15, 0.2) is 18.2 Å². The van der Waals surface area contributed by atoms with Gasteiger partial charge < -0.3 is 10.6 Å². The average molecular weight is 364 g/mol. The van der Waals surface area contributed by atoms with Gasteiger partial charge in [0.2, 0.25) is 11.8 Å². The summed E-state index contributed by atoms with van der Waals surface area (Å²) < 4.78 is 0. The predicted molar refractivity (Wildman–Crippen MR) is 98.4 cm³/mol. The zero-order valence-corrected chi connectivity index (χ0v) is 15.5. The zero-order chi connectivity index (χ0) is 18.0. The molecule has 1 aromatic rings. The first-order valence-corrected chi connectivity index (χ1v) is 9.38. The van der Waals surface area contributed by atoms with E-state index in [1.807, 2.05) is 24.0 Å². The van der Waals surface area contributed by atoms with Gasteiger partial charge >= 0.3 is 0 Å². The number of rotatable bonds is 5. The smallest absolute Gasteiger partial charge is 0.223 e. The Morgan fingerprint density at radius 3 is 2.52 bits per heavy atom. The van der Waals surface area contributed by atoms with Gasteiger partial charge in [0.15, 0.2) is 0 Å². The van der Waals surface area contributed by atoms with Crippen molar-refractivity contribution in [3.05, 3.63) is 34.3 Å². The molecule has 0 unspecified atom stereocenters. The van der Waals surface area contributed by atoms with Crippen LogP contribution in [0.1, 0.15) is 30.4 Å². The Labute approximate surface area is 154 Å². The molecule has 136 valence electrons. The number of nitrogens with two attached hydrogens (primary N) is 1. The molecule has 2 amide bonds. The Kier molecular flexibility index (Phi) is 5.64. The number of amides is 2. The molecule has 2 fully saturated rings. The van der Waals surface area contributed by atoms with Crippen LogP contribution < -0.4 is 5.73 Å². The van der Waals surface area contributed by atoms with E-state index < -0.39 is 0 Å². The molecule has 0 aliphatic carbocycles. The van der Waals surface area contributed by atoms with Gasteiger partial charge in [0, 0.05) is 36.5 Å². The maximum atomic E-state index is 12.3. The fraction of sp³-hybridized carbons (Fsp3) is 0.579. The normalized spacial score (nSPS) is 19.7. The molecule has 0 saturated carbocycles. The second kappa shape index (κ2) is 7.75. The topological polar surface area (TPSA) is 66.6 Å². The lowest BCUT2D eigenvalue weighted by molar-refractivity contribution is -0.139. The molecule has 0 bridgehead atoms. The van der Waals surface area contributed by atoms with Crippen molar-refractivity contribution in [3.63, 3.8) is 0 Å². The van der Waals surface area contributed by atoms with Crippen LogP contribution in [0, 0.1) is 12.8 Å². The number of aryl methyl sites for hydroxylation is 2. The van der Waals surface area contributed by atoms with E-state index >= 15 is 0 Å². The van der Waals surface area contributed by atoms with E-state index in [0.717, 1.165) is 61.6 Å². The number of carbonyl (C=O) groups is 2. The Bertz CT molecular complexity index is 650. The quantitative estimate of drug-likeness (QED) is 0.870. The molecule has 3 rings (SSSR count). The van der Waals surface area contributed by atoms with Gasteiger partial charge in [-0.25, -0.2) is 0 Å². The van der Waals surface area contributed by atoms with Crippen LogP contribution in [0.3, 0.4) is 0 Å². The standard InChI is InChI=1S/C19H26ClN3O2/c1-13-10-14(2-4-17(13)20)3-5-18(24)23-11-16(12-23)22-8-6-15(7-9-22)19(21)25/h2,4,10,15-16H,3,5-9,11-12H2,1H3,(H2,21,25). The summed E-state index contributed by atoms with van der Waals surface area (Å²) in [6, 6.07) is 6.38. The summed E-state index contributed by atoms with van der Waals surface area (Å²) in [5.74, 6) is 0.0651. The van der Waals surface area contributed by atoms with Crippen LogP contribution in [-0.2, 0) is 16.0 Å². The van der Waals surface area contributed by atoms with E-state index in [-0.39, 0.29) is 17.7 Å². The highest BCUT2D eigenvalue weighted by molar-refractivity contribution is 6.31. The number of piperidine rings is 1.